The number of carbonyl (C=O) groups excluding carboxylic acids is 1. The Labute approximate surface area is 164 Å². The molecule has 0 unspecified atom stereocenters. The number of rotatable bonds is 4. The Morgan fingerprint density at radius 2 is 1.69 bits per heavy atom. The van der Waals surface area contributed by atoms with Gasteiger partial charge in [0.05, 0.1) is 4.92 Å². The van der Waals surface area contributed by atoms with Crippen LogP contribution in [0.2, 0.25) is 0 Å². The Kier molecular flexibility index (Phi) is 4.59. The number of primary amides is 1. The van der Waals surface area contributed by atoms with Gasteiger partial charge in [-0.15, -0.1) is 0 Å². The lowest BCUT2D eigenvalue weighted by atomic mass is 10.1. The van der Waals surface area contributed by atoms with Crippen LogP contribution in [0.5, 0.6) is 0 Å². The smallest absolute Gasteiger partial charge is 0.368 e. The highest BCUT2D eigenvalue weighted by molar-refractivity contribution is 5.93. The van der Waals surface area contributed by atoms with Gasteiger partial charge < -0.3 is 15.5 Å². The third-order valence-corrected chi connectivity index (χ3v) is 4.97. The Bertz CT molecular complexity index is 1150. The Hall–Kier alpha value is -3.95. The molecule has 0 aliphatic carbocycles. The molecule has 4 rings (SSSR count). The van der Waals surface area contributed by atoms with Gasteiger partial charge in [-0.05, 0) is 36.4 Å². The number of amides is 1. The van der Waals surface area contributed by atoms with Gasteiger partial charge in [-0.2, -0.15) is 0 Å². The van der Waals surface area contributed by atoms with Gasteiger partial charge in [0, 0.05) is 43.6 Å². The molecule has 148 valence electrons. The molecule has 0 radical (unpaired) electrons. The van der Waals surface area contributed by atoms with E-state index in [2.05, 4.69) is 9.88 Å². The van der Waals surface area contributed by atoms with Gasteiger partial charge >= 0.3 is 11.2 Å². The van der Waals surface area contributed by atoms with Crippen molar-refractivity contribution < 1.29 is 9.72 Å². The van der Waals surface area contributed by atoms with E-state index in [1.807, 2.05) is 12.1 Å². The van der Waals surface area contributed by atoms with Crippen LogP contribution in [0.25, 0.3) is 5.65 Å². The quantitative estimate of drug-likeness (QED) is 0.517. The lowest BCUT2D eigenvalue weighted by Crippen LogP contribution is -2.47. The zero-order valence-electron chi connectivity index (χ0n) is 15.4. The van der Waals surface area contributed by atoms with Crippen molar-refractivity contribution in [3.63, 3.8) is 0 Å². The van der Waals surface area contributed by atoms with Crippen molar-refractivity contribution in [2.75, 3.05) is 36.0 Å². The van der Waals surface area contributed by atoms with Crippen LogP contribution < -0.4 is 21.1 Å². The molecule has 0 saturated carbocycles. The molecular weight excluding hydrogens is 376 g/mol. The predicted octanol–water partition coefficient (Wildman–Crippen LogP) is 1.03. The van der Waals surface area contributed by atoms with Crippen LogP contribution in [0.4, 0.5) is 17.2 Å². The normalized spacial score (nSPS) is 14.2. The van der Waals surface area contributed by atoms with E-state index in [-0.39, 0.29) is 5.82 Å². The van der Waals surface area contributed by atoms with Crippen LogP contribution in [0.1, 0.15) is 10.4 Å². The standard InChI is InChI=1S/C19H18N6O4/c20-17(26)13-4-6-14(7-5-13)22-9-11-23(12-10-22)18-16(25(28)29)19(27)24-8-2-1-3-15(24)21-18/h1-8H,9-12H2,(H2,20,26). The number of piperazine rings is 1. The molecule has 1 aliphatic heterocycles. The van der Waals surface area contributed by atoms with E-state index in [0.29, 0.717) is 37.4 Å². The van der Waals surface area contributed by atoms with Crippen molar-refractivity contribution in [2.24, 2.45) is 5.73 Å². The zero-order valence-corrected chi connectivity index (χ0v) is 15.4. The predicted molar refractivity (Wildman–Crippen MR) is 108 cm³/mol. The monoisotopic (exact) mass is 394 g/mol. The minimum atomic E-state index is -0.694. The molecule has 3 aromatic rings. The molecule has 3 heterocycles. The highest BCUT2D eigenvalue weighted by atomic mass is 16.6. The number of nitrogens with two attached hydrogens (primary N) is 1. The summed E-state index contributed by atoms with van der Waals surface area (Å²) in [6.45, 7) is 2.10. The summed E-state index contributed by atoms with van der Waals surface area (Å²) < 4.78 is 1.18. The number of nitrogens with zero attached hydrogens (tertiary/aromatic N) is 5. The number of aromatic nitrogens is 2. The maximum absolute atomic E-state index is 12.6. The van der Waals surface area contributed by atoms with Gasteiger partial charge in [-0.25, -0.2) is 4.98 Å². The van der Waals surface area contributed by atoms with Crippen LogP contribution in [0.15, 0.2) is 53.5 Å². The molecule has 2 N–H and O–H groups in total. The van der Waals surface area contributed by atoms with Gasteiger partial charge in [0.2, 0.25) is 11.7 Å². The summed E-state index contributed by atoms with van der Waals surface area (Å²) in [7, 11) is 0. The summed E-state index contributed by atoms with van der Waals surface area (Å²) >= 11 is 0. The van der Waals surface area contributed by atoms with Crippen LogP contribution in [-0.4, -0.2) is 46.4 Å². The topological polar surface area (TPSA) is 127 Å². The summed E-state index contributed by atoms with van der Waals surface area (Å²) in [5.74, 6) is -0.391. The Balaban J connectivity index is 1.60. The molecule has 0 spiro atoms. The zero-order chi connectivity index (χ0) is 20.5. The number of benzene rings is 1. The molecule has 1 aliphatic rings. The van der Waals surface area contributed by atoms with Crippen molar-refractivity contribution in [3.8, 4) is 0 Å². The number of hydrogen-bond acceptors (Lipinski definition) is 7. The lowest BCUT2D eigenvalue weighted by Gasteiger charge is -2.36. The summed E-state index contributed by atoms with van der Waals surface area (Å²) in [6, 6.07) is 12.0. The van der Waals surface area contributed by atoms with Crippen LogP contribution in [0.3, 0.4) is 0 Å². The summed E-state index contributed by atoms with van der Waals surface area (Å²) in [4.78, 5) is 43.0. The summed E-state index contributed by atoms with van der Waals surface area (Å²) in [6.07, 6.45) is 1.47. The molecule has 2 aromatic heterocycles. The minimum absolute atomic E-state index is 0.0925. The fraction of sp³-hybridized carbons (Fsp3) is 0.211. The van der Waals surface area contributed by atoms with E-state index in [1.54, 1.807) is 35.2 Å². The average molecular weight is 394 g/mol. The number of pyridine rings is 1. The molecule has 1 amide bonds. The number of carbonyl (C=O) groups is 1. The molecule has 10 heteroatoms. The van der Waals surface area contributed by atoms with E-state index in [4.69, 9.17) is 5.73 Å². The van der Waals surface area contributed by atoms with Crippen LogP contribution >= 0.6 is 0 Å². The van der Waals surface area contributed by atoms with E-state index in [9.17, 15) is 19.7 Å². The fourth-order valence-electron chi connectivity index (χ4n) is 3.46. The van der Waals surface area contributed by atoms with Crippen LogP contribution in [-0.2, 0) is 0 Å². The van der Waals surface area contributed by atoms with Gasteiger partial charge in [-0.1, -0.05) is 6.07 Å². The Morgan fingerprint density at radius 1 is 1.03 bits per heavy atom. The lowest BCUT2D eigenvalue weighted by molar-refractivity contribution is -0.385. The third kappa shape index (κ3) is 3.35. The molecule has 1 fully saturated rings. The van der Waals surface area contributed by atoms with Gasteiger partial charge in [0.25, 0.3) is 0 Å². The molecule has 1 aromatic carbocycles. The first-order valence-electron chi connectivity index (χ1n) is 9.01. The second-order valence-electron chi connectivity index (χ2n) is 6.66. The van der Waals surface area contributed by atoms with Crippen molar-refractivity contribution in [1.82, 2.24) is 9.38 Å². The van der Waals surface area contributed by atoms with E-state index in [1.165, 1.54) is 10.6 Å². The van der Waals surface area contributed by atoms with Gasteiger partial charge in [0.1, 0.15) is 5.65 Å². The maximum Gasteiger partial charge on any atom is 0.376 e. The second kappa shape index (κ2) is 7.23. The van der Waals surface area contributed by atoms with Crippen molar-refractivity contribution in [2.45, 2.75) is 0 Å². The van der Waals surface area contributed by atoms with Crippen LogP contribution in [0, 0.1) is 10.1 Å². The summed E-state index contributed by atoms with van der Waals surface area (Å²) in [5, 5.41) is 11.6. The molecule has 0 bridgehead atoms. The first-order chi connectivity index (χ1) is 14.0. The van der Waals surface area contributed by atoms with E-state index >= 15 is 0 Å². The molecule has 0 atom stereocenters. The minimum Gasteiger partial charge on any atom is -0.368 e. The number of hydrogen-bond donors (Lipinski definition) is 1. The molecular formula is C19H18N6O4. The number of fused-ring (bicyclic) bond motifs is 1. The molecule has 29 heavy (non-hydrogen) atoms. The average Bonchev–Trinajstić information content (AvgIpc) is 2.73. The number of nitro groups is 1. The van der Waals surface area contributed by atoms with Crippen molar-refractivity contribution >= 4 is 28.7 Å². The second-order valence-corrected chi connectivity index (χ2v) is 6.66. The SMILES string of the molecule is NC(=O)c1ccc(N2CCN(c3nc4ccccn4c(=O)c3[N+](=O)[O-])CC2)cc1. The highest BCUT2D eigenvalue weighted by Crippen LogP contribution is 2.25. The maximum atomic E-state index is 12.6. The third-order valence-electron chi connectivity index (χ3n) is 4.97. The largest absolute Gasteiger partial charge is 0.376 e. The first-order valence-corrected chi connectivity index (χ1v) is 9.01. The van der Waals surface area contributed by atoms with E-state index in [0.717, 1.165) is 5.69 Å². The van der Waals surface area contributed by atoms with Crippen molar-refractivity contribution in [1.29, 1.82) is 0 Å². The van der Waals surface area contributed by atoms with Gasteiger partial charge in [0.15, 0.2) is 0 Å². The fourth-order valence-corrected chi connectivity index (χ4v) is 3.46. The summed E-state index contributed by atoms with van der Waals surface area (Å²) in [5.41, 5.74) is 5.78. The molecule has 10 nitrogen and oxygen atoms in total. The molecule has 1 saturated heterocycles. The van der Waals surface area contributed by atoms with Crippen molar-refractivity contribution in [3.05, 3.63) is 74.7 Å². The number of anilines is 2. The Morgan fingerprint density at radius 3 is 2.31 bits per heavy atom. The first kappa shape index (κ1) is 18.4. The van der Waals surface area contributed by atoms with E-state index < -0.39 is 22.1 Å². The highest BCUT2D eigenvalue weighted by Gasteiger charge is 2.29. The van der Waals surface area contributed by atoms with Gasteiger partial charge in [-0.3, -0.25) is 24.1 Å².